The first-order chi connectivity index (χ1) is 16.9. The molecule has 0 radical (unpaired) electrons. The standard InChI is InChI=1S/C22H36N4O9SSi/c1-13-12-26(20(29)25-17(13)28)18-16(34-37(7,8)21(2,3)4)22(35-36(6,30)31)14(33-18)11-24-19(22)23-10-9-15(27)32-5/h12,14,16,18H,9-11H2,1-8H3,(H,23,24)(H,25,28,29)/t14-,16+,18-,22-/m1/s1. The molecule has 1 aromatic heterocycles. The number of aryl methyl sites for hydroxylation is 1. The quantitative estimate of drug-likeness (QED) is 0.258. The molecule has 0 aliphatic carbocycles. The number of amidine groups is 1. The molecular formula is C22H36N4O9SSi. The largest absolute Gasteiger partial charge is 0.469 e. The van der Waals surface area contributed by atoms with Gasteiger partial charge in [-0.2, -0.15) is 8.42 Å². The number of hydrogen-bond donors (Lipinski definition) is 2. The van der Waals surface area contributed by atoms with Gasteiger partial charge in [-0.15, -0.1) is 0 Å². The summed E-state index contributed by atoms with van der Waals surface area (Å²) < 4.78 is 49.9. The molecule has 0 unspecified atom stereocenters. The van der Waals surface area contributed by atoms with Crippen LogP contribution in [0.25, 0.3) is 0 Å². The summed E-state index contributed by atoms with van der Waals surface area (Å²) in [7, 11) is -5.49. The molecule has 1 saturated heterocycles. The summed E-state index contributed by atoms with van der Waals surface area (Å²) in [5, 5.41) is 2.71. The Balaban J connectivity index is 2.19. The second-order valence-corrected chi connectivity index (χ2v) is 17.1. The molecule has 2 aliphatic rings. The Bertz CT molecular complexity index is 1300. The van der Waals surface area contributed by atoms with E-state index in [1.807, 2.05) is 33.9 Å². The van der Waals surface area contributed by atoms with E-state index < -0.39 is 59.7 Å². The first-order valence-corrected chi connectivity index (χ1v) is 16.6. The fourth-order valence-corrected chi connectivity index (χ4v) is 6.16. The number of carbonyl (C=O) groups is 1. The summed E-state index contributed by atoms with van der Waals surface area (Å²) in [6, 6.07) is 0. The van der Waals surface area contributed by atoms with Crippen molar-refractivity contribution < 1.29 is 31.3 Å². The molecule has 4 atom stereocenters. The van der Waals surface area contributed by atoms with Crippen LogP contribution in [0.1, 0.15) is 39.0 Å². The number of fused-ring (bicyclic) bond motifs is 1. The van der Waals surface area contributed by atoms with Crippen molar-refractivity contribution >= 4 is 30.2 Å². The minimum absolute atomic E-state index is 0.00817. The van der Waals surface area contributed by atoms with E-state index in [1.54, 1.807) is 0 Å². The van der Waals surface area contributed by atoms with Gasteiger partial charge in [0.2, 0.25) is 5.60 Å². The van der Waals surface area contributed by atoms with Crippen LogP contribution in [0, 0.1) is 6.92 Å². The van der Waals surface area contributed by atoms with E-state index in [0.717, 1.165) is 6.26 Å². The Labute approximate surface area is 216 Å². The molecule has 0 bridgehead atoms. The second-order valence-electron chi connectivity index (χ2n) is 10.8. The molecule has 0 saturated carbocycles. The molecule has 2 aliphatic heterocycles. The number of rotatable bonds is 8. The lowest BCUT2D eigenvalue weighted by molar-refractivity contribution is -0.140. The topological polar surface area (TPSA) is 167 Å². The first-order valence-electron chi connectivity index (χ1n) is 11.8. The van der Waals surface area contributed by atoms with E-state index >= 15 is 0 Å². The maximum absolute atomic E-state index is 12.9. The van der Waals surface area contributed by atoms with Crippen LogP contribution in [-0.2, 0) is 33.0 Å². The molecule has 0 aromatic carbocycles. The molecule has 1 fully saturated rings. The average molecular weight is 561 g/mol. The zero-order valence-electron chi connectivity index (χ0n) is 22.4. The van der Waals surface area contributed by atoms with Crippen molar-refractivity contribution in [3.63, 3.8) is 0 Å². The van der Waals surface area contributed by atoms with E-state index in [2.05, 4.69) is 20.0 Å². The molecule has 1 aromatic rings. The summed E-state index contributed by atoms with van der Waals surface area (Å²) in [4.78, 5) is 43.3. The lowest BCUT2D eigenvalue weighted by atomic mass is 9.92. The molecule has 3 heterocycles. The zero-order valence-corrected chi connectivity index (χ0v) is 24.2. The normalized spacial score (nSPS) is 26.1. The minimum Gasteiger partial charge on any atom is -0.469 e. The van der Waals surface area contributed by atoms with Crippen LogP contribution in [0.15, 0.2) is 20.8 Å². The number of esters is 1. The monoisotopic (exact) mass is 560 g/mol. The zero-order chi connectivity index (χ0) is 28.0. The average Bonchev–Trinajstić information content (AvgIpc) is 3.22. The van der Waals surface area contributed by atoms with Gasteiger partial charge in [0.25, 0.3) is 15.7 Å². The van der Waals surface area contributed by atoms with Crippen LogP contribution < -0.4 is 16.6 Å². The lowest BCUT2D eigenvalue weighted by Gasteiger charge is -2.43. The van der Waals surface area contributed by atoms with Crippen molar-refractivity contribution in [2.45, 2.75) is 76.3 Å². The summed E-state index contributed by atoms with van der Waals surface area (Å²) in [6.45, 7) is 11.6. The SMILES string of the molecule is COC(=O)CCNC1=NC[C@H]2O[C@@H](n3cc(C)c(=O)[nH]c3=O)[C@H](O[Si](C)(C)C(C)(C)C)[C@@]12OS(C)(=O)=O. The second kappa shape index (κ2) is 10.1. The van der Waals surface area contributed by atoms with Gasteiger partial charge in [-0.1, -0.05) is 20.8 Å². The fourth-order valence-electron chi connectivity index (χ4n) is 4.10. The van der Waals surface area contributed by atoms with Crippen LogP contribution in [0.3, 0.4) is 0 Å². The van der Waals surface area contributed by atoms with Gasteiger partial charge in [0, 0.05) is 18.3 Å². The third-order valence-electron chi connectivity index (χ3n) is 7.04. The number of aromatic amines is 1. The lowest BCUT2D eigenvalue weighted by Crippen LogP contribution is -2.63. The van der Waals surface area contributed by atoms with Gasteiger partial charge < -0.3 is 19.2 Å². The van der Waals surface area contributed by atoms with Gasteiger partial charge in [-0.25, -0.2) is 8.98 Å². The van der Waals surface area contributed by atoms with Crippen LogP contribution in [0.2, 0.25) is 18.1 Å². The molecule has 3 rings (SSSR count). The van der Waals surface area contributed by atoms with Crippen LogP contribution >= 0.6 is 0 Å². The van der Waals surface area contributed by atoms with Crippen molar-refractivity contribution in [2.24, 2.45) is 4.99 Å². The Morgan fingerprint density at radius 2 is 2.00 bits per heavy atom. The van der Waals surface area contributed by atoms with Gasteiger partial charge in [-0.3, -0.25) is 24.1 Å². The van der Waals surface area contributed by atoms with Gasteiger partial charge in [-0.05, 0) is 25.1 Å². The predicted molar refractivity (Wildman–Crippen MR) is 138 cm³/mol. The Morgan fingerprint density at radius 3 is 2.57 bits per heavy atom. The maximum Gasteiger partial charge on any atom is 0.330 e. The highest BCUT2D eigenvalue weighted by atomic mass is 32.2. The van der Waals surface area contributed by atoms with E-state index in [-0.39, 0.29) is 35.9 Å². The number of nitrogens with zero attached hydrogens (tertiary/aromatic N) is 2. The van der Waals surface area contributed by atoms with Gasteiger partial charge >= 0.3 is 11.7 Å². The van der Waals surface area contributed by atoms with Crippen LogP contribution in [0.5, 0.6) is 0 Å². The first kappa shape index (κ1) is 29.2. The van der Waals surface area contributed by atoms with E-state index in [9.17, 15) is 22.8 Å². The van der Waals surface area contributed by atoms with Crippen molar-refractivity contribution in [1.82, 2.24) is 14.9 Å². The molecule has 0 spiro atoms. The smallest absolute Gasteiger partial charge is 0.330 e. The molecule has 13 nitrogen and oxygen atoms in total. The Kier molecular flexibility index (Phi) is 7.97. The van der Waals surface area contributed by atoms with Crippen molar-refractivity contribution in [1.29, 1.82) is 0 Å². The van der Waals surface area contributed by atoms with Crippen molar-refractivity contribution in [2.75, 3.05) is 26.5 Å². The van der Waals surface area contributed by atoms with Crippen LogP contribution in [0.4, 0.5) is 0 Å². The number of carbonyl (C=O) groups excluding carboxylic acids is 1. The molecule has 37 heavy (non-hydrogen) atoms. The van der Waals surface area contributed by atoms with Gasteiger partial charge in [0.15, 0.2) is 14.5 Å². The van der Waals surface area contributed by atoms with Crippen molar-refractivity contribution in [3.8, 4) is 0 Å². The molecule has 2 N–H and O–H groups in total. The van der Waals surface area contributed by atoms with E-state index in [1.165, 1.54) is 24.8 Å². The summed E-state index contributed by atoms with van der Waals surface area (Å²) in [6.07, 6.45) is -0.978. The number of methoxy groups -OCH3 is 1. The number of ether oxygens (including phenoxy) is 2. The number of aliphatic imine (C=N–C) groups is 1. The Hall–Kier alpha value is -2.33. The molecule has 15 heteroatoms. The van der Waals surface area contributed by atoms with Crippen LogP contribution in [-0.4, -0.2) is 82.4 Å². The minimum atomic E-state index is -4.11. The molecule has 208 valence electrons. The number of hydrogen-bond acceptors (Lipinski definition) is 11. The molecule has 0 amide bonds. The predicted octanol–water partition coefficient (Wildman–Crippen LogP) is 0.413. The summed E-state index contributed by atoms with van der Waals surface area (Å²) in [5.41, 5.74) is -2.80. The Morgan fingerprint density at radius 1 is 1.35 bits per heavy atom. The number of aromatic nitrogens is 2. The number of nitrogens with one attached hydrogen (secondary N) is 2. The van der Waals surface area contributed by atoms with Gasteiger partial charge in [0.1, 0.15) is 18.0 Å². The summed E-state index contributed by atoms with van der Waals surface area (Å²) in [5.74, 6) is -0.335. The van der Waals surface area contributed by atoms with E-state index in [0.29, 0.717) is 0 Å². The highest BCUT2D eigenvalue weighted by molar-refractivity contribution is 7.86. The van der Waals surface area contributed by atoms with Crippen molar-refractivity contribution in [3.05, 3.63) is 32.6 Å². The highest BCUT2D eigenvalue weighted by Crippen LogP contribution is 2.49. The number of H-pyrrole nitrogens is 1. The van der Waals surface area contributed by atoms with Gasteiger partial charge in [0.05, 0.1) is 26.3 Å². The highest BCUT2D eigenvalue weighted by Gasteiger charge is 2.68. The van der Waals surface area contributed by atoms with E-state index in [4.69, 9.17) is 13.3 Å². The third kappa shape index (κ3) is 5.74. The molecular weight excluding hydrogens is 524 g/mol. The third-order valence-corrected chi connectivity index (χ3v) is 12.1. The summed E-state index contributed by atoms with van der Waals surface area (Å²) >= 11 is 0. The fraction of sp³-hybridized carbons (Fsp3) is 0.727. The maximum atomic E-state index is 12.9.